The molecule has 0 aliphatic carbocycles. The first-order valence-electron chi connectivity index (χ1n) is 14.5. The van der Waals surface area contributed by atoms with Gasteiger partial charge in [0.2, 0.25) is 11.8 Å². The van der Waals surface area contributed by atoms with E-state index in [2.05, 4.69) is 5.32 Å². The largest absolute Gasteiger partial charge is 0.352 e. The number of aryl methyl sites for hydroxylation is 2. The number of halogens is 1. The molecule has 1 atom stereocenters. The predicted molar refractivity (Wildman–Crippen MR) is 176 cm³/mol. The molecule has 4 aromatic carbocycles. The average Bonchev–Trinajstić information content (AvgIpc) is 3.00. The first-order chi connectivity index (χ1) is 21.0. The zero-order valence-electron chi connectivity index (χ0n) is 25.4. The van der Waals surface area contributed by atoms with E-state index in [-0.39, 0.29) is 29.8 Å². The van der Waals surface area contributed by atoms with Crippen LogP contribution >= 0.6 is 11.6 Å². The van der Waals surface area contributed by atoms with E-state index < -0.39 is 28.5 Å². The summed E-state index contributed by atoms with van der Waals surface area (Å²) >= 11 is 6.06. The molecule has 4 rings (SSSR count). The molecule has 0 fully saturated rings. The zero-order valence-corrected chi connectivity index (χ0v) is 27.0. The smallest absolute Gasteiger partial charge is 0.264 e. The van der Waals surface area contributed by atoms with Gasteiger partial charge >= 0.3 is 0 Å². The number of carbonyl (C=O) groups is 2. The summed E-state index contributed by atoms with van der Waals surface area (Å²) in [6.45, 7) is 7.15. The number of nitrogens with zero attached hydrogens (tertiary/aromatic N) is 2. The molecule has 44 heavy (non-hydrogen) atoms. The summed E-state index contributed by atoms with van der Waals surface area (Å²) in [5, 5.41) is 3.36. The van der Waals surface area contributed by atoms with Crippen molar-refractivity contribution < 1.29 is 18.0 Å². The fourth-order valence-electron chi connectivity index (χ4n) is 4.86. The summed E-state index contributed by atoms with van der Waals surface area (Å²) in [7, 11) is -4.20. The third-order valence-corrected chi connectivity index (χ3v) is 9.40. The molecule has 1 unspecified atom stereocenters. The number of carbonyl (C=O) groups excluding carboxylic acids is 2. The van der Waals surface area contributed by atoms with Crippen LogP contribution in [0.2, 0.25) is 5.02 Å². The summed E-state index contributed by atoms with van der Waals surface area (Å²) in [6.07, 6.45) is 0.255. The van der Waals surface area contributed by atoms with Crippen molar-refractivity contribution in [3.8, 4) is 0 Å². The van der Waals surface area contributed by atoms with E-state index in [1.807, 2.05) is 94.4 Å². The number of hydrogen-bond acceptors (Lipinski definition) is 4. The van der Waals surface area contributed by atoms with Crippen LogP contribution in [0.15, 0.2) is 108 Å². The molecule has 9 heteroatoms. The van der Waals surface area contributed by atoms with Crippen LogP contribution in [0.5, 0.6) is 0 Å². The number of rotatable bonds is 12. The van der Waals surface area contributed by atoms with E-state index >= 15 is 0 Å². The topological polar surface area (TPSA) is 86.8 Å². The Kier molecular flexibility index (Phi) is 10.8. The maximum atomic E-state index is 14.5. The highest BCUT2D eigenvalue weighted by atomic mass is 35.5. The summed E-state index contributed by atoms with van der Waals surface area (Å²) in [5.74, 6) is -0.823. The lowest BCUT2D eigenvalue weighted by molar-refractivity contribution is -0.140. The van der Waals surface area contributed by atoms with Gasteiger partial charge in [0, 0.05) is 24.0 Å². The summed E-state index contributed by atoms with van der Waals surface area (Å²) in [5.41, 5.74) is 3.91. The summed E-state index contributed by atoms with van der Waals surface area (Å²) in [4.78, 5) is 29.7. The highest BCUT2D eigenvalue weighted by Crippen LogP contribution is 2.27. The Balaban J connectivity index is 1.81. The van der Waals surface area contributed by atoms with E-state index in [4.69, 9.17) is 11.6 Å². The van der Waals surface area contributed by atoms with Gasteiger partial charge in [-0.05, 0) is 86.3 Å². The van der Waals surface area contributed by atoms with E-state index in [1.54, 1.807) is 12.1 Å². The van der Waals surface area contributed by atoms with E-state index in [0.29, 0.717) is 10.7 Å². The molecule has 4 aromatic rings. The minimum atomic E-state index is -4.20. The molecule has 0 saturated heterocycles. The molecule has 7 nitrogen and oxygen atoms in total. The lowest BCUT2D eigenvalue weighted by Crippen LogP contribution is -2.54. The van der Waals surface area contributed by atoms with Crippen molar-refractivity contribution in [3.63, 3.8) is 0 Å². The molecule has 1 N–H and O–H groups in total. The Morgan fingerprint density at radius 3 is 1.95 bits per heavy atom. The molecule has 2 amide bonds. The standard InChI is InChI=1S/C35H38ClN3O4S/c1-25(2)37-35(41)33(22-28-11-7-5-8-12-28)38(23-29-13-9-6-10-14-29)34(40)24-39(31-18-15-26(3)27(4)21-31)44(42,43)32-19-16-30(36)17-20-32/h5-21,25,33H,22-24H2,1-4H3,(H,37,41). The van der Waals surface area contributed by atoms with Crippen LogP contribution in [0.1, 0.15) is 36.1 Å². The third-order valence-electron chi connectivity index (χ3n) is 7.36. The number of amides is 2. The van der Waals surface area contributed by atoms with Gasteiger partial charge in [0.05, 0.1) is 10.6 Å². The number of nitrogens with one attached hydrogen (secondary N) is 1. The third kappa shape index (κ3) is 8.27. The Bertz CT molecular complexity index is 1680. The zero-order chi connectivity index (χ0) is 31.9. The fourth-order valence-corrected chi connectivity index (χ4v) is 6.39. The van der Waals surface area contributed by atoms with Crippen LogP contribution in [0.25, 0.3) is 0 Å². The Morgan fingerprint density at radius 1 is 0.795 bits per heavy atom. The second kappa shape index (κ2) is 14.6. The van der Waals surface area contributed by atoms with Gasteiger partial charge in [-0.25, -0.2) is 8.42 Å². The van der Waals surface area contributed by atoms with E-state index in [0.717, 1.165) is 26.6 Å². The van der Waals surface area contributed by atoms with Gasteiger partial charge in [-0.3, -0.25) is 13.9 Å². The van der Waals surface area contributed by atoms with Crippen molar-refractivity contribution in [3.05, 3.63) is 130 Å². The minimum Gasteiger partial charge on any atom is -0.352 e. The van der Waals surface area contributed by atoms with Crippen LogP contribution in [0.3, 0.4) is 0 Å². The number of sulfonamides is 1. The van der Waals surface area contributed by atoms with Gasteiger partial charge in [-0.2, -0.15) is 0 Å². The van der Waals surface area contributed by atoms with Gasteiger partial charge in [0.1, 0.15) is 12.6 Å². The second-order valence-electron chi connectivity index (χ2n) is 11.1. The fraction of sp³-hybridized carbons (Fsp3) is 0.257. The number of anilines is 1. The normalized spacial score (nSPS) is 12.0. The Morgan fingerprint density at radius 2 is 1.39 bits per heavy atom. The van der Waals surface area contributed by atoms with Crippen LogP contribution in [0.4, 0.5) is 5.69 Å². The van der Waals surface area contributed by atoms with Gasteiger partial charge in [-0.15, -0.1) is 0 Å². The molecule has 0 spiro atoms. The number of hydrogen-bond donors (Lipinski definition) is 1. The lowest BCUT2D eigenvalue weighted by atomic mass is 10.0. The molecule has 0 saturated carbocycles. The van der Waals surface area contributed by atoms with Crippen molar-refractivity contribution >= 4 is 39.1 Å². The maximum absolute atomic E-state index is 14.5. The average molecular weight is 632 g/mol. The first kappa shape index (κ1) is 32.8. The lowest BCUT2D eigenvalue weighted by Gasteiger charge is -2.34. The van der Waals surface area contributed by atoms with Crippen LogP contribution in [0, 0.1) is 13.8 Å². The van der Waals surface area contributed by atoms with Gasteiger partial charge in [-0.1, -0.05) is 78.3 Å². The molecule has 230 valence electrons. The monoisotopic (exact) mass is 631 g/mol. The Hall–Kier alpha value is -4.14. The quantitative estimate of drug-likeness (QED) is 0.198. The van der Waals surface area contributed by atoms with Crippen LogP contribution < -0.4 is 9.62 Å². The highest BCUT2D eigenvalue weighted by molar-refractivity contribution is 7.92. The first-order valence-corrected chi connectivity index (χ1v) is 16.3. The molecule has 0 aliphatic heterocycles. The maximum Gasteiger partial charge on any atom is 0.264 e. The van der Waals surface area contributed by atoms with Gasteiger partial charge in [0.25, 0.3) is 10.0 Å². The summed E-state index contributed by atoms with van der Waals surface area (Å²) < 4.78 is 29.4. The van der Waals surface area contributed by atoms with Crippen LogP contribution in [-0.2, 0) is 32.6 Å². The Labute approximate surface area is 265 Å². The minimum absolute atomic E-state index is 0.000855. The summed E-state index contributed by atoms with van der Waals surface area (Å²) in [6, 6.07) is 28.9. The van der Waals surface area contributed by atoms with E-state index in [1.165, 1.54) is 29.2 Å². The second-order valence-corrected chi connectivity index (χ2v) is 13.4. The highest BCUT2D eigenvalue weighted by Gasteiger charge is 2.35. The molecule has 0 heterocycles. The molecular formula is C35H38ClN3O4S. The molecule has 0 radical (unpaired) electrons. The van der Waals surface area contributed by atoms with Crippen molar-refractivity contribution in [2.24, 2.45) is 0 Å². The molecule has 0 bridgehead atoms. The number of benzene rings is 4. The van der Waals surface area contributed by atoms with Gasteiger partial charge < -0.3 is 10.2 Å². The predicted octanol–water partition coefficient (Wildman–Crippen LogP) is 6.32. The molecule has 0 aliphatic rings. The van der Waals surface area contributed by atoms with Crippen molar-refractivity contribution in [1.29, 1.82) is 0 Å². The SMILES string of the molecule is Cc1ccc(N(CC(=O)N(Cc2ccccc2)C(Cc2ccccc2)C(=O)NC(C)C)S(=O)(=O)c2ccc(Cl)cc2)cc1C. The molecule has 0 aromatic heterocycles. The van der Waals surface area contributed by atoms with Crippen LogP contribution in [-0.4, -0.2) is 43.8 Å². The van der Waals surface area contributed by atoms with Crippen molar-refractivity contribution in [2.75, 3.05) is 10.8 Å². The molecular weight excluding hydrogens is 594 g/mol. The van der Waals surface area contributed by atoms with Crippen molar-refractivity contribution in [2.45, 2.75) is 57.6 Å². The van der Waals surface area contributed by atoms with Crippen molar-refractivity contribution in [1.82, 2.24) is 10.2 Å². The van der Waals surface area contributed by atoms with E-state index in [9.17, 15) is 18.0 Å². The van der Waals surface area contributed by atoms with Gasteiger partial charge in [0.15, 0.2) is 0 Å².